The van der Waals surface area contributed by atoms with Crippen molar-refractivity contribution in [1.29, 1.82) is 0 Å². The summed E-state index contributed by atoms with van der Waals surface area (Å²) in [4.78, 5) is 32.5. The van der Waals surface area contributed by atoms with Crippen molar-refractivity contribution >= 4 is 27.2 Å². The van der Waals surface area contributed by atoms with Gasteiger partial charge in [0.15, 0.2) is 5.75 Å². The molecule has 0 radical (unpaired) electrons. The first-order valence-electron chi connectivity index (χ1n) is 9.30. The minimum absolute atomic E-state index is 0.0818. The molecule has 0 aliphatic carbocycles. The average molecular weight is 417 g/mol. The largest absolute Gasteiger partial charge is 0.496 e. The molecular weight excluding hydrogens is 394 g/mol. The van der Waals surface area contributed by atoms with Gasteiger partial charge in [-0.3, -0.25) is 14.9 Å². The van der Waals surface area contributed by atoms with Crippen LogP contribution in [0.3, 0.4) is 0 Å². The molecule has 0 bridgehead atoms. The third-order valence-electron chi connectivity index (χ3n) is 4.89. The van der Waals surface area contributed by atoms with Crippen molar-refractivity contribution in [1.82, 2.24) is 9.97 Å². The summed E-state index contributed by atoms with van der Waals surface area (Å²) in [6.07, 6.45) is 1.87. The zero-order chi connectivity index (χ0) is 21.1. The number of nitro benzene ring substituents is 1. The standard InChI is InChI=1S/C20H23N3O5S/c1-5-11(2)8-14-12(3)29-20-18(14)19(24)21-17(22-20)10-28-16-7-6-13(27-4)9-15(16)23(25)26/h6-7,9,11H,5,8,10H2,1-4H3,(H,21,22,24)/t11-/m0/s1. The van der Waals surface area contributed by atoms with E-state index in [1.165, 1.54) is 30.6 Å². The van der Waals surface area contributed by atoms with Gasteiger partial charge in [-0.15, -0.1) is 11.3 Å². The number of aryl methyl sites for hydroxylation is 1. The molecule has 0 fully saturated rings. The lowest BCUT2D eigenvalue weighted by molar-refractivity contribution is -0.386. The molecule has 1 atom stereocenters. The number of ether oxygens (including phenoxy) is 2. The van der Waals surface area contributed by atoms with Crippen LogP contribution >= 0.6 is 11.3 Å². The summed E-state index contributed by atoms with van der Waals surface area (Å²) in [5.74, 6) is 1.24. The van der Waals surface area contributed by atoms with Gasteiger partial charge in [-0.2, -0.15) is 0 Å². The number of fused-ring (bicyclic) bond motifs is 1. The fourth-order valence-electron chi connectivity index (χ4n) is 3.06. The first-order chi connectivity index (χ1) is 13.8. The maximum absolute atomic E-state index is 12.7. The number of hydrogen-bond donors (Lipinski definition) is 1. The lowest BCUT2D eigenvalue weighted by atomic mass is 9.98. The smallest absolute Gasteiger partial charge is 0.314 e. The molecule has 3 rings (SSSR count). The van der Waals surface area contributed by atoms with Gasteiger partial charge in [0.25, 0.3) is 5.56 Å². The SMILES string of the molecule is CC[C@H](C)Cc1c(C)sc2nc(COc3ccc(OC)cc3[N+](=O)[O-])[nH]c(=O)c12. The normalized spacial score (nSPS) is 12.1. The van der Waals surface area contributed by atoms with Gasteiger partial charge in [0, 0.05) is 4.88 Å². The highest BCUT2D eigenvalue weighted by atomic mass is 32.1. The molecule has 1 N–H and O–H groups in total. The predicted octanol–water partition coefficient (Wildman–Crippen LogP) is 4.38. The van der Waals surface area contributed by atoms with Gasteiger partial charge in [0.05, 0.1) is 23.5 Å². The Bertz CT molecular complexity index is 1110. The van der Waals surface area contributed by atoms with Crippen LogP contribution < -0.4 is 15.0 Å². The lowest BCUT2D eigenvalue weighted by Gasteiger charge is -2.09. The molecule has 154 valence electrons. The Labute approximate surface area is 171 Å². The minimum atomic E-state index is -0.541. The van der Waals surface area contributed by atoms with Crippen molar-refractivity contribution in [2.45, 2.75) is 40.2 Å². The molecule has 1 aromatic carbocycles. The van der Waals surface area contributed by atoms with Gasteiger partial charge in [-0.25, -0.2) is 4.98 Å². The van der Waals surface area contributed by atoms with E-state index in [9.17, 15) is 14.9 Å². The maximum Gasteiger partial charge on any atom is 0.314 e. The molecule has 0 aliphatic heterocycles. The molecule has 0 spiro atoms. The summed E-state index contributed by atoms with van der Waals surface area (Å²) >= 11 is 1.48. The third-order valence-corrected chi connectivity index (χ3v) is 5.93. The fraction of sp³-hybridized carbons (Fsp3) is 0.400. The Morgan fingerprint density at radius 1 is 1.38 bits per heavy atom. The number of rotatable bonds is 8. The Kier molecular flexibility index (Phi) is 6.17. The van der Waals surface area contributed by atoms with Gasteiger partial charge in [0.1, 0.15) is 23.0 Å². The number of benzene rings is 1. The number of aromatic amines is 1. The third kappa shape index (κ3) is 4.40. The van der Waals surface area contributed by atoms with Crippen molar-refractivity contribution in [3.05, 3.63) is 54.9 Å². The Morgan fingerprint density at radius 2 is 2.14 bits per heavy atom. The zero-order valence-electron chi connectivity index (χ0n) is 16.8. The molecule has 0 unspecified atom stereocenters. The molecule has 2 aromatic heterocycles. The monoisotopic (exact) mass is 417 g/mol. The van der Waals surface area contributed by atoms with Crippen molar-refractivity contribution < 1.29 is 14.4 Å². The summed E-state index contributed by atoms with van der Waals surface area (Å²) in [5.41, 5.74) is 0.627. The van der Waals surface area contributed by atoms with Gasteiger partial charge < -0.3 is 14.5 Å². The first-order valence-corrected chi connectivity index (χ1v) is 10.1. The quantitative estimate of drug-likeness (QED) is 0.430. The van der Waals surface area contributed by atoms with E-state index in [2.05, 4.69) is 23.8 Å². The van der Waals surface area contributed by atoms with Crippen LogP contribution in [0.1, 0.15) is 36.5 Å². The van der Waals surface area contributed by atoms with E-state index < -0.39 is 4.92 Å². The molecule has 0 saturated heterocycles. The first kappa shape index (κ1) is 20.8. The van der Waals surface area contributed by atoms with Gasteiger partial charge in [-0.05, 0) is 37.0 Å². The van der Waals surface area contributed by atoms with Crippen LogP contribution in [-0.2, 0) is 13.0 Å². The number of nitro groups is 1. The van der Waals surface area contributed by atoms with Gasteiger partial charge >= 0.3 is 5.69 Å². The molecule has 0 saturated carbocycles. The number of nitrogens with one attached hydrogen (secondary N) is 1. The van der Waals surface area contributed by atoms with Crippen LogP contribution in [0.5, 0.6) is 11.5 Å². The van der Waals surface area contributed by atoms with Gasteiger partial charge in [-0.1, -0.05) is 20.3 Å². The molecule has 2 heterocycles. The van der Waals surface area contributed by atoms with E-state index in [1.807, 2.05) is 6.92 Å². The van der Waals surface area contributed by atoms with Crippen LogP contribution in [0.15, 0.2) is 23.0 Å². The van der Waals surface area contributed by atoms with Crippen LogP contribution in [0.25, 0.3) is 10.2 Å². The highest BCUT2D eigenvalue weighted by molar-refractivity contribution is 7.18. The molecule has 0 aliphatic rings. The lowest BCUT2D eigenvalue weighted by Crippen LogP contribution is -2.14. The second-order valence-corrected chi connectivity index (χ2v) is 8.13. The summed E-state index contributed by atoms with van der Waals surface area (Å²) in [7, 11) is 1.43. The molecule has 9 heteroatoms. The Morgan fingerprint density at radius 3 is 2.79 bits per heavy atom. The second kappa shape index (κ2) is 8.60. The van der Waals surface area contributed by atoms with E-state index in [0.29, 0.717) is 27.7 Å². The zero-order valence-corrected chi connectivity index (χ0v) is 17.6. The second-order valence-electron chi connectivity index (χ2n) is 6.93. The van der Waals surface area contributed by atoms with E-state index >= 15 is 0 Å². The highest BCUT2D eigenvalue weighted by Crippen LogP contribution is 2.32. The summed E-state index contributed by atoms with van der Waals surface area (Å²) in [6, 6.07) is 4.33. The van der Waals surface area contributed by atoms with Crippen molar-refractivity contribution in [2.24, 2.45) is 5.92 Å². The fourth-order valence-corrected chi connectivity index (χ4v) is 4.13. The van der Waals surface area contributed by atoms with Crippen LogP contribution in [0.2, 0.25) is 0 Å². The van der Waals surface area contributed by atoms with Crippen molar-refractivity contribution in [3.63, 3.8) is 0 Å². The molecule has 0 amide bonds. The predicted molar refractivity (Wildman–Crippen MR) is 112 cm³/mol. The number of aromatic nitrogens is 2. The van der Waals surface area contributed by atoms with Crippen LogP contribution in [0, 0.1) is 23.0 Å². The minimum Gasteiger partial charge on any atom is -0.496 e. The topological polar surface area (TPSA) is 107 Å². The highest BCUT2D eigenvalue weighted by Gasteiger charge is 2.19. The molecule has 29 heavy (non-hydrogen) atoms. The molecule has 3 aromatic rings. The van der Waals surface area contributed by atoms with E-state index in [1.54, 1.807) is 6.07 Å². The number of hydrogen-bond acceptors (Lipinski definition) is 7. The Balaban J connectivity index is 1.89. The van der Waals surface area contributed by atoms with Gasteiger partial charge in [0.2, 0.25) is 0 Å². The number of nitrogens with zero attached hydrogens (tertiary/aromatic N) is 2. The number of H-pyrrole nitrogens is 1. The molecular formula is C20H23N3O5S. The Hall–Kier alpha value is -2.94. The maximum atomic E-state index is 12.7. The number of methoxy groups -OCH3 is 1. The van der Waals surface area contributed by atoms with Crippen molar-refractivity contribution in [3.8, 4) is 11.5 Å². The van der Waals surface area contributed by atoms with Crippen LogP contribution in [0.4, 0.5) is 5.69 Å². The number of thiophene rings is 1. The van der Waals surface area contributed by atoms with E-state index in [4.69, 9.17) is 9.47 Å². The van der Waals surface area contributed by atoms with Crippen molar-refractivity contribution in [2.75, 3.05) is 7.11 Å². The van der Waals surface area contributed by atoms with E-state index in [-0.39, 0.29) is 23.6 Å². The summed E-state index contributed by atoms with van der Waals surface area (Å²) in [6.45, 7) is 6.20. The summed E-state index contributed by atoms with van der Waals surface area (Å²) < 4.78 is 10.6. The summed E-state index contributed by atoms with van der Waals surface area (Å²) in [5, 5.41) is 11.9. The van der Waals surface area contributed by atoms with E-state index in [0.717, 1.165) is 23.3 Å². The average Bonchev–Trinajstić information content (AvgIpc) is 3.01. The van der Waals surface area contributed by atoms with Crippen LogP contribution in [-0.4, -0.2) is 22.0 Å². The molecule has 8 nitrogen and oxygen atoms in total.